The van der Waals surface area contributed by atoms with Crippen LogP contribution in [0, 0.1) is 0 Å². The van der Waals surface area contributed by atoms with E-state index in [9.17, 15) is 0 Å². The van der Waals surface area contributed by atoms with Crippen LogP contribution in [0.5, 0.6) is 0 Å². The summed E-state index contributed by atoms with van der Waals surface area (Å²) in [5, 5.41) is 8.27. The summed E-state index contributed by atoms with van der Waals surface area (Å²) >= 11 is 6.34. The van der Waals surface area contributed by atoms with E-state index in [1.54, 1.807) is 16.9 Å². The molecule has 3 N–H and O–H groups in total. The van der Waals surface area contributed by atoms with Crippen LogP contribution in [0.4, 0.5) is 5.95 Å². The average molecular weight is 379 g/mol. The summed E-state index contributed by atoms with van der Waals surface area (Å²) in [6, 6.07) is 6.46. The Labute approximate surface area is 157 Å². The van der Waals surface area contributed by atoms with Crippen molar-refractivity contribution in [3.8, 4) is 11.3 Å². The summed E-state index contributed by atoms with van der Waals surface area (Å²) < 4.78 is 1.81. The summed E-state index contributed by atoms with van der Waals surface area (Å²) in [5.41, 5.74) is 8.61. The van der Waals surface area contributed by atoms with Gasteiger partial charge >= 0.3 is 0 Å². The predicted octanol–water partition coefficient (Wildman–Crippen LogP) is 3.55. The minimum atomic E-state index is 0. The van der Waals surface area contributed by atoms with Crippen molar-refractivity contribution in [2.45, 2.75) is 37.8 Å². The number of anilines is 1. The molecule has 132 valence electrons. The van der Waals surface area contributed by atoms with Gasteiger partial charge in [-0.3, -0.25) is 0 Å². The number of hydrogen-bond donors (Lipinski definition) is 2. The van der Waals surface area contributed by atoms with E-state index in [1.807, 2.05) is 24.4 Å². The minimum Gasteiger partial charge on any atom is -0.351 e. The number of halogens is 2. The van der Waals surface area contributed by atoms with Crippen molar-refractivity contribution in [1.29, 1.82) is 0 Å². The molecule has 0 aliphatic heterocycles. The summed E-state index contributed by atoms with van der Waals surface area (Å²) in [4.78, 5) is 8.96. The van der Waals surface area contributed by atoms with Crippen LogP contribution in [-0.2, 0) is 0 Å². The molecule has 0 unspecified atom stereocenters. The lowest BCUT2D eigenvalue weighted by molar-refractivity contribution is 0.408. The molecule has 4 rings (SSSR count). The van der Waals surface area contributed by atoms with Crippen LogP contribution < -0.4 is 11.1 Å². The average Bonchev–Trinajstić information content (AvgIpc) is 3.01. The van der Waals surface area contributed by atoms with Crippen molar-refractivity contribution in [2.75, 3.05) is 5.32 Å². The number of fused-ring (bicyclic) bond motifs is 1. The standard InChI is InChI=1S/C17H19ClN6.ClH/c18-14-10-20-17(22-12-5-3-4-11(19)8-12)23-16(14)13-9-21-24-7-2-1-6-15(13)24;/h1-2,6-7,9-12H,3-5,8,19H2,(H,20,22,23);1H/t11-,12+;/m0./s1. The first kappa shape index (κ1) is 17.9. The topological polar surface area (TPSA) is 81.1 Å². The van der Waals surface area contributed by atoms with Crippen LogP contribution >= 0.6 is 24.0 Å². The van der Waals surface area contributed by atoms with E-state index in [0.717, 1.165) is 36.8 Å². The van der Waals surface area contributed by atoms with Gasteiger partial charge in [-0.25, -0.2) is 14.5 Å². The zero-order valence-corrected chi connectivity index (χ0v) is 15.2. The van der Waals surface area contributed by atoms with Crippen molar-refractivity contribution in [2.24, 2.45) is 5.73 Å². The molecule has 0 amide bonds. The van der Waals surface area contributed by atoms with E-state index in [2.05, 4.69) is 20.4 Å². The second-order valence-corrected chi connectivity index (χ2v) is 6.65. The third-order valence-electron chi connectivity index (χ3n) is 4.47. The summed E-state index contributed by atoms with van der Waals surface area (Å²) in [5.74, 6) is 0.587. The first-order chi connectivity index (χ1) is 11.7. The molecule has 3 heterocycles. The fourth-order valence-corrected chi connectivity index (χ4v) is 3.48. The maximum absolute atomic E-state index is 6.34. The fourth-order valence-electron chi connectivity index (χ4n) is 3.28. The van der Waals surface area contributed by atoms with Gasteiger partial charge < -0.3 is 11.1 Å². The quantitative estimate of drug-likeness (QED) is 0.728. The van der Waals surface area contributed by atoms with Gasteiger partial charge in [0.05, 0.1) is 28.6 Å². The SMILES string of the molecule is Cl.N[C@H]1CCC[C@@H](Nc2ncc(Cl)c(-c3cnn4ccccc34)n2)C1. The van der Waals surface area contributed by atoms with Gasteiger partial charge in [0.1, 0.15) is 0 Å². The molecule has 1 aliphatic carbocycles. The highest BCUT2D eigenvalue weighted by Gasteiger charge is 2.20. The fraction of sp³-hybridized carbons (Fsp3) is 0.353. The van der Waals surface area contributed by atoms with Crippen LogP contribution in [0.1, 0.15) is 25.7 Å². The zero-order chi connectivity index (χ0) is 16.5. The number of nitrogens with one attached hydrogen (secondary N) is 1. The molecule has 3 aromatic heterocycles. The molecule has 1 fully saturated rings. The van der Waals surface area contributed by atoms with Gasteiger partial charge in [-0.15, -0.1) is 12.4 Å². The second-order valence-electron chi connectivity index (χ2n) is 6.25. The van der Waals surface area contributed by atoms with Gasteiger partial charge in [0.15, 0.2) is 0 Å². The van der Waals surface area contributed by atoms with Crippen molar-refractivity contribution in [3.05, 3.63) is 41.8 Å². The number of nitrogens with zero attached hydrogens (tertiary/aromatic N) is 4. The molecule has 0 bridgehead atoms. The smallest absolute Gasteiger partial charge is 0.223 e. The zero-order valence-electron chi connectivity index (χ0n) is 13.6. The largest absolute Gasteiger partial charge is 0.351 e. The molecule has 0 aromatic carbocycles. The van der Waals surface area contributed by atoms with Crippen LogP contribution in [-0.4, -0.2) is 31.7 Å². The highest BCUT2D eigenvalue weighted by molar-refractivity contribution is 6.33. The molecule has 8 heteroatoms. The third-order valence-corrected chi connectivity index (χ3v) is 4.75. The Morgan fingerprint density at radius 1 is 1.24 bits per heavy atom. The van der Waals surface area contributed by atoms with Gasteiger partial charge in [0, 0.05) is 23.8 Å². The number of hydrogen-bond acceptors (Lipinski definition) is 5. The first-order valence-corrected chi connectivity index (χ1v) is 8.56. The van der Waals surface area contributed by atoms with Crippen LogP contribution in [0.3, 0.4) is 0 Å². The van der Waals surface area contributed by atoms with E-state index in [4.69, 9.17) is 17.3 Å². The van der Waals surface area contributed by atoms with Gasteiger partial charge in [-0.1, -0.05) is 17.7 Å². The lowest BCUT2D eigenvalue weighted by atomic mass is 9.92. The van der Waals surface area contributed by atoms with Gasteiger partial charge in [-0.2, -0.15) is 5.10 Å². The molecule has 0 saturated heterocycles. The first-order valence-electron chi connectivity index (χ1n) is 8.18. The van der Waals surface area contributed by atoms with Crippen molar-refractivity contribution in [3.63, 3.8) is 0 Å². The maximum atomic E-state index is 6.34. The van der Waals surface area contributed by atoms with Gasteiger partial charge in [0.2, 0.25) is 5.95 Å². The van der Waals surface area contributed by atoms with Gasteiger partial charge in [-0.05, 0) is 37.8 Å². The Balaban J connectivity index is 0.00000182. The third kappa shape index (κ3) is 3.71. The molecule has 25 heavy (non-hydrogen) atoms. The molecule has 2 atom stereocenters. The molecule has 3 aromatic rings. The molecule has 0 spiro atoms. The van der Waals surface area contributed by atoms with Crippen LogP contribution in [0.25, 0.3) is 16.8 Å². The summed E-state index contributed by atoms with van der Waals surface area (Å²) in [6.07, 6.45) is 9.58. The number of aromatic nitrogens is 4. The van der Waals surface area contributed by atoms with E-state index in [1.165, 1.54) is 0 Å². The number of nitrogens with two attached hydrogens (primary N) is 1. The minimum absolute atomic E-state index is 0. The number of rotatable bonds is 3. The lowest BCUT2D eigenvalue weighted by Crippen LogP contribution is -2.35. The molecular weight excluding hydrogens is 359 g/mol. The summed E-state index contributed by atoms with van der Waals surface area (Å²) in [7, 11) is 0. The Morgan fingerprint density at radius 2 is 2.12 bits per heavy atom. The summed E-state index contributed by atoms with van der Waals surface area (Å²) in [6.45, 7) is 0. The van der Waals surface area contributed by atoms with Crippen LogP contribution in [0.2, 0.25) is 5.02 Å². The molecular formula is C17H20Cl2N6. The lowest BCUT2D eigenvalue weighted by Gasteiger charge is -2.27. The van der Waals surface area contributed by atoms with E-state index in [0.29, 0.717) is 22.7 Å². The second kappa shape index (κ2) is 7.56. The monoisotopic (exact) mass is 378 g/mol. The molecule has 6 nitrogen and oxygen atoms in total. The Hall–Kier alpha value is -1.89. The van der Waals surface area contributed by atoms with E-state index < -0.39 is 0 Å². The Bertz CT molecular complexity index is 865. The van der Waals surface area contributed by atoms with Crippen molar-refractivity contribution < 1.29 is 0 Å². The Morgan fingerprint density at radius 3 is 2.96 bits per heavy atom. The normalized spacial score (nSPS) is 20.2. The highest BCUT2D eigenvalue weighted by Crippen LogP contribution is 2.30. The highest BCUT2D eigenvalue weighted by atomic mass is 35.5. The molecule has 1 aliphatic rings. The van der Waals surface area contributed by atoms with E-state index >= 15 is 0 Å². The van der Waals surface area contributed by atoms with E-state index in [-0.39, 0.29) is 18.4 Å². The maximum Gasteiger partial charge on any atom is 0.223 e. The van der Waals surface area contributed by atoms with Gasteiger partial charge in [0.25, 0.3) is 0 Å². The van der Waals surface area contributed by atoms with Crippen molar-refractivity contribution >= 4 is 35.5 Å². The van der Waals surface area contributed by atoms with Crippen LogP contribution in [0.15, 0.2) is 36.8 Å². The molecule has 0 radical (unpaired) electrons. The Kier molecular flexibility index (Phi) is 5.42. The molecule has 1 saturated carbocycles. The number of pyridine rings is 1. The predicted molar refractivity (Wildman–Crippen MR) is 102 cm³/mol. The van der Waals surface area contributed by atoms with Crippen molar-refractivity contribution in [1.82, 2.24) is 19.6 Å².